The Morgan fingerprint density at radius 1 is 1.06 bits per heavy atom. The number of rotatable bonds is 7. The largest absolute Gasteiger partial charge is 0.299 e. The van der Waals surface area contributed by atoms with Gasteiger partial charge in [0.2, 0.25) is 0 Å². The van der Waals surface area contributed by atoms with Gasteiger partial charge in [0.05, 0.1) is 0 Å². The van der Waals surface area contributed by atoms with E-state index >= 15 is 0 Å². The molecule has 1 unspecified atom stereocenters. The summed E-state index contributed by atoms with van der Waals surface area (Å²) in [5, 5.41) is 0. The average Bonchev–Trinajstić information content (AvgIpc) is 2.31. The molecule has 0 bridgehead atoms. The van der Waals surface area contributed by atoms with E-state index in [1.807, 2.05) is 0 Å². The van der Waals surface area contributed by atoms with Crippen LogP contribution < -0.4 is 0 Å². The number of benzene rings is 1. The van der Waals surface area contributed by atoms with Crippen LogP contribution in [0.1, 0.15) is 51.1 Å². The highest BCUT2D eigenvalue weighted by molar-refractivity contribution is 5.18. The van der Waals surface area contributed by atoms with Crippen LogP contribution in [0.3, 0.4) is 0 Å². The third-order valence-corrected chi connectivity index (χ3v) is 3.12. The topological polar surface area (TPSA) is 3.24 Å². The van der Waals surface area contributed by atoms with Gasteiger partial charge < -0.3 is 0 Å². The summed E-state index contributed by atoms with van der Waals surface area (Å²) in [4.78, 5) is 2.49. The molecule has 0 amide bonds. The van der Waals surface area contributed by atoms with E-state index in [0.717, 1.165) is 0 Å². The summed E-state index contributed by atoms with van der Waals surface area (Å²) in [5.74, 6) is 0. The van der Waals surface area contributed by atoms with Crippen molar-refractivity contribution in [1.29, 1.82) is 0 Å². The van der Waals surface area contributed by atoms with Gasteiger partial charge in [0.1, 0.15) is 0 Å². The van der Waals surface area contributed by atoms with Gasteiger partial charge in [-0.1, -0.05) is 57.0 Å². The zero-order valence-electron chi connectivity index (χ0n) is 10.9. The van der Waals surface area contributed by atoms with Crippen LogP contribution >= 0.6 is 0 Å². The summed E-state index contributed by atoms with van der Waals surface area (Å²) in [7, 11) is 2.25. The molecular weight excluding hydrogens is 194 g/mol. The number of unbranched alkanes of at least 4 members (excludes halogenated alkanes) is 1. The average molecular weight is 219 g/mol. The highest BCUT2D eigenvalue weighted by Gasteiger charge is 2.14. The van der Waals surface area contributed by atoms with E-state index in [4.69, 9.17) is 0 Å². The molecule has 0 aliphatic carbocycles. The minimum Gasteiger partial charge on any atom is -0.299 e. The maximum absolute atomic E-state index is 2.49. The molecular formula is C15H25N. The lowest BCUT2D eigenvalue weighted by Crippen LogP contribution is -2.25. The summed E-state index contributed by atoms with van der Waals surface area (Å²) in [6, 6.07) is 11.5. The normalized spacial score (nSPS) is 13.0. The van der Waals surface area contributed by atoms with Gasteiger partial charge >= 0.3 is 0 Å². The molecule has 1 nitrogen and oxygen atoms in total. The van der Waals surface area contributed by atoms with Crippen molar-refractivity contribution in [3.05, 3.63) is 35.9 Å². The first-order chi connectivity index (χ1) is 7.79. The zero-order valence-corrected chi connectivity index (χ0v) is 10.9. The smallest absolute Gasteiger partial charge is 0.0345 e. The third-order valence-electron chi connectivity index (χ3n) is 3.12. The van der Waals surface area contributed by atoms with Crippen molar-refractivity contribution >= 4 is 0 Å². The van der Waals surface area contributed by atoms with Gasteiger partial charge in [0, 0.05) is 6.04 Å². The lowest BCUT2D eigenvalue weighted by Gasteiger charge is -2.28. The Balaban J connectivity index is 2.70. The van der Waals surface area contributed by atoms with Crippen molar-refractivity contribution in [3.8, 4) is 0 Å². The predicted octanol–water partition coefficient (Wildman–Crippen LogP) is 4.26. The van der Waals surface area contributed by atoms with E-state index in [1.54, 1.807) is 0 Å². The van der Waals surface area contributed by atoms with E-state index in [0.29, 0.717) is 6.04 Å². The first kappa shape index (κ1) is 13.2. The van der Waals surface area contributed by atoms with Crippen LogP contribution in [0.2, 0.25) is 0 Å². The molecule has 0 aliphatic heterocycles. The molecule has 1 heteroatoms. The lowest BCUT2D eigenvalue weighted by molar-refractivity contribution is 0.229. The minimum atomic E-state index is 0.598. The van der Waals surface area contributed by atoms with Gasteiger partial charge in [-0.25, -0.2) is 0 Å². The fourth-order valence-corrected chi connectivity index (χ4v) is 2.22. The standard InChI is InChI=1S/C15H25N/c1-4-6-12-15(16(3)13-5-2)14-10-8-7-9-11-14/h7-11,15H,4-6,12-13H2,1-3H3. The van der Waals surface area contributed by atoms with Crippen LogP contribution in [-0.2, 0) is 0 Å². The first-order valence-corrected chi connectivity index (χ1v) is 6.54. The molecule has 0 aromatic heterocycles. The van der Waals surface area contributed by atoms with Gasteiger partial charge in [-0.15, -0.1) is 0 Å². The highest BCUT2D eigenvalue weighted by atomic mass is 15.1. The van der Waals surface area contributed by atoms with Gasteiger partial charge in [-0.3, -0.25) is 4.90 Å². The van der Waals surface area contributed by atoms with E-state index in [-0.39, 0.29) is 0 Å². The van der Waals surface area contributed by atoms with Crippen molar-refractivity contribution in [2.45, 2.75) is 45.6 Å². The minimum absolute atomic E-state index is 0.598. The number of nitrogens with zero attached hydrogens (tertiary/aromatic N) is 1. The van der Waals surface area contributed by atoms with Gasteiger partial charge in [-0.2, -0.15) is 0 Å². The molecule has 0 heterocycles. The molecule has 0 saturated carbocycles. The van der Waals surface area contributed by atoms with Gasteiger partial charge in [0.15, 0.2) is 0 Å². The molecule has 1 aromatic rings. The molecule has 0 saturated heterocycles. The molecule has 90 valence electrons. The summed E-state index contributed by atoms with van der Waals surface area (Å²) in [5.41, 5.74) is 1.46. The maximum Gasteiger partial charge on any atom is 0.0345 e. The van der Waals surface area contributed by atoms with Crippen molar-refractivity contribution in [2.75, 3.05) is 13.6 Å². The zero-order chi connectivity index (χ0) is 11.8. The van der Waals surface area contributed by atoms with Crippen molar-refractivity contribution < 1.29 is 0 Å². The SMILES string of the molecule is CCCCC(c1ccccc1)N(C)CCC. The third kappa shape index (κ3) is 3.97. The fourth-order valence-electron chi connectivity index (χ4n) is 2.22. The van der Waals surface area contributed by atoms with Gasteiger partial charge in [-0.05, 0) is 32.0 Å². The van der Waals surface area contributed by atoms with Crippen molar-refractivity contribution in [1.82, 2.24) is 4.90 Å². The molecule has 0 N–H and O–H groups in total. The van der Waals surface area contributed by atoms with Crippen LogP contribution in [0.4, 0.5) is 0 Å². The molecule has 1 atom stereocenters. The Hall–Kier alpha value is -0.820. The van der Waals surface area contributed by atoms with E-state index in [2.05, 4.69) is 56.1 Å². The molecule has 0 fully saturated rings. The quantitative estimate of drug-likeness (QED) is 0.662. The summed E-state index contributed by atoms with van der Waals surface area (Å²) < 4.78 is 0. The number of hydrogen-bond donors (Lipinski definition) is 0. The highest BCUT2D eigenvalue weighted by Crippen LogP contribution is 2.25. The van der Waals surface area contributed by atoms with Crippen LogP contribution in [-0.4, -0.2) is 18.5 Å². The van der Waals surface area contributed by atoms with Crippen LogP contribution in [0.15, 0.2) is 30.3 Å². The Morgan fingerprint density at radius 3 is 2.31 bits per heavy atom. The van der Waals surface area contributed by atoms with Crippen LogP contribution in [0.5, 0.6) is 0 Å². The van der Waals surface area contributed by atoms with Crippen molar-refractivity contribution in [3.63, 3.8) is 0 Å². The molecule has 0 radical (unpaired) electrons. The molecule has 1 rings (SSSR count). The second-order valence-corrected chi connectivity index (χ2v) is 4.55. The Morgan fingerprint density at radius 2 is 1.75 bits per heavy atom. The van der Waals surface area contributed by atoms with Gasteiger partial charge in [0.25, 0.3) is 0 Å². The summed E-state index contributed by atoms with van der Waals surface area (Å²) >= 11 is 0. The number of hydrogen-bond acceptors (Lipinski definition) is 1. The molecule has 0 aliphatic rings. The monoisotopic (exact) mass is 219 g/mol. The van der Waals surface area contributed by atoms with E-state index in [1.165, 1.54) is 37.8 Å². The van der Waals surface area contributed by atoms with E-state index in [9.17, 15) is 0 Å². The summed E-state index contributed by atoms with van der Waals surface area (Å²) in [6.45, 7) is 5.70. The second kappa shape index (κ2) is 7.45. The lowest BCUT2D eigenvalue weighted by atomic mass is 10.00. The first-order valence-electron chi connectivity index (χ1n) is 6.54. The Bertz CT molecular complexity index is 268. The van der Waals surface area contributed by atoms with E-state index < -0.39 is 0 Å². The van der Waals surface area contributed by atoms with Crippen LogP contribution in [0, 0.1) is 0 Å². The maximum atomic E-state index is 2.49. The molecule has 16 heavy (non-hydrogen) atoms. The molecule has 1 aromatic carbocycles. The van der Waals surface area contributed by atoms with Crippen LogP contribution in [0.25, 0.3) is 0 Å². The predicted molar refractivity (Wildman–Crippen MR) is 71.6 cm³/mol. The Kier molecular flexibility index (Phi) is 6.17. The fraction of sp³-hybridized carbons (Fsp3) is 0.600. The summed E-state index contributed by atoms with van der Waals surface area (Å²) in [6.07, 6.45) is 5.10. The van der Waals surface area contributed by atoms with Crippen molar-refractivity contribution in [2.24, 2.45) is 0 Å². The Labute approximate surface area is 100 Å². The molecule has 0 spiro atoms. The second-order valence-electron chi connectivity index (χ2n) is 4.55.